The largest absolute Gasteiger partial charge is 0.493 e. The number of nitrogens with one attached hydrogen (secondary N) is 1. The molecule has 0 aliphatic carbocycles. The fraction of sp³-hybridized carbons (Fsp3) is 0.500. The molecule has 26 heavy (non-hydrogen) atoms. The van der Waals surface area contributed by atoms with Crippen molar-refractivity contribution in [2.45, 2.75) is 31.3 Å². The summed E-state index contributed by atoms with van der Waals surface area (Å²) in [7, 11) is -3.38. The monoisotopic (exact) mass is 380 g/mol. The molecule has 2 heterocycles. The lowest BCUT2D eigenvalue weighted by molar-refractivity contribution is 0.106. The van der Waals surface area contributed by atoms with Gasteiger partial charge >= 0.3 is 6.09 Å². The molecule has 2 aliphatic rings. The summed E-state index contributed by atoms with van der Waals surface area (Å²) < 4.78 is 37.3. The van der Waals surface area contributed by atoms with E-state index in [1.807, 2.05) is 30.3 Å². The number of hydrogen-bond acceptors (Lipinski definition) is 5. The van der Waals surface area contributed by atoms with Crippen molar-refractivity contribution in [2.24, 2.45) is 0 Å². The third-order valence-electron chi connectivity index (χ3n) is 4.56. The topological polar surface area (TPSA) is 84.9 Å². The van der Waals surface area contributed by atoms with Crippen molar-refractivity contribution in [3.63, 3.8) is 0 Å². The Bertz CT molecular complexity index is 778. The van der Waals surface area contributed by atoms with E-state index in [4.69, 9.17) is 9.47 Å². The van der Waals surface area contributed by atoms with Crippen molar-refractivity contribution < 1.29 is 22.7 Å². The molecule has 1 fully saturated rings. The molecule has 0 aromatic heterocycles. The van der Waals surface area contributed by atoms with Crippen LogP contribution in [0, 0.1) is 0 Å². The number of nitrogens with zero attached hydrogens (tertiary/aromatic N) is 1. The van der Waals surface area contributed by atoms with E-state index in [0.29, 0.717) is 26.0 Å². The third-order valence-corrected chi connectivity index (χ3v) is 5.29. The van der Waals surface area contributed by atoms with Gasteiger partial charge in [-0.2, -0.15) is 0 Å². The van der Waals surface area contributed by atoms with E-state index in [2.05, 4.69) is 4.72 Å². The van der Waals surface area contributed by atoms with Crippen molar-refractivity contribution in [3.05, 3.63) is 42.0 Å². The van der Waals surface area contributed by atoms with Gasteiger partial charge < -0.3 is 14.4 Å². The number of cyclic esters (lactones) is 1. The van der Waals surface area contributed by atoms with Crippen LogP contribution in [-0.4, -0.2) is 57.5 Å². The van der Waals surface area contributed by atoms with Crippen molar-refractivity contribution in [1.82, 2.24) is 9.62 Å². The first-order chi connectivity index (χ1) is 12.4. The van der Waals surface area contributed by atoms with Gasteiger partial charge in [-0.25, -0.2) is 17.9 Å². The average molecular weight is 380 g/mol. The maximum atomic E-state index is 12.5. The molecule has 1 amide bonds. The minimum Gasteiger partial charge on any atom is -0.493 e. The molecule has 7 nitrogen and oxygen atoms in total. The number of fused-ring (bicyclic) bond motifs is 2. The number of benzene rings is 1. The molecule has 0 spiro atoms. The highest BCUT2D eigenvalue weighted by atomic mass is 32.2. The van der Waals surface area contributed by atoms with Gasteiger partial charge in [0.1, 0.15) is 12.4 Å². The molecule has 142 valence electrons. The summed E-state index contributed by atoms with van der Waals surface area (Å²) in [5.41, 5.74) is 0.945. The zero-order valence-electron chi connectivity index (χ0n) is 14.8. The van der Waals surface area contributed by atoms with Gasteiger partial charge in [0, 0.05) is 12.6 Å². The van der Waals surface area contributed by atoms with Crippen LogP contribution in [-0.2, 0) is 21.2 Å². The third kappa shape index (κ3) is 4.76. The zero-order valence-corrected chi connectivity index (χ0v) is 15.6. The Morgan fingerprint density at radius 2 is 2.00 bits per heavy atom. The average Bonchev–Trinajstić information content (AvgIpc) is 2.95. The van der Waals surface area contributed by atoms with Gasteiger partial charge in [-0.15, -0.1) is 0 Å². The minimum atomic E-state index is -3.38. The smallest absolute Gasteiger partial charge is 0.410 e. The van der Waals surface area contributed by atoms with Crippen LogP contribution in [0.3, 0.4) is 0 Å². The highest BCUT2D eigenvalue weighted by molar-refractivity contribution is 7.88. The maximum absolute atomic E-state index is 12.5. The number of sulfonamides is 1. The molecular formula is C18H24N2O5S. The lowest BCUT2D eigenvalue weighted by atomic mass is 10.00. The quantitative estimate of drug-likeness (QED) is 0.790. The number of rotatable bonds is 2. The second kappa shape index (κ2) is 8.09. The molecule has 3 rings (SSSR count). The lowest BCUT2D eigenvalue weighted by Crippen LogP contribution is -2.47. The molecule has 0 unspecified atom stereocenters. The van der Waals surface area contributed by atoms with E-state index in [9.17, 15) is 13.2 Å². The number of hydrogen-bond donors (Lipinski definition) is 1. The molecule has 2 aliphatic heterocycles. The number of para-hydroxylation sites is 1. The van der Waals surface area contributed by atoms with Crippen molar-refractivity contribution in [3.8, 4) is 5.75 Å². The molecule has 0 radical (unpaired) electrons. The van der Waals surface area contributed by atoms with Gasteiger partial charge in [-0.3, -0.25) is 0 Å². The summed E-state index contributed by atoms with van der Waals surface area (Å²) in [6.07, 6.45) is 6.19. The molecule has 1 aromatic rings. The Kier molecular flexibility index (Phi) is 5.83. The van der Waals surface area contributed by atoms with Gasteiger partial charge in [0.25, 0.3) is 0 Å². The summed E-state index contributed by atoms with van der Waals surface area (Å²) >= 11 is 0. The highest BCUT2D eigenvalue weighted by Crippen LogP contribution is 2.28. The van der Waals surface area contributed by atoms with Gasteiger partial charge in [0.2, 0.25) is 10.0 Å². The Morgan fingerprint density at radius 3 is 2.81 bits per heavy atom. The Labute approximate surface area is 154 Å². The van der Waals surface area contributed by atoms with Gasteiger partial charge in [0.15, 0.2) is 0 Å². The minimum absolute atomic E-state index is 0.194. The number of amides is 1. The second-order valence-electron chi connectivity index (χ2n) is 6.54. The lowest BCUT2D eigenvalue weighted by Gasteiger charge is -2.28. The molecule has 1 N–H and O–H groups in total. The molecule has 2 atom stereocenters. The van der Waals surface area contributed by atoms with Crippen LogP contribution in [0.15, 0.2) is 36.4 Å². The van der Waals surface area contributed by atoms with Crippen LogP contribution in [0.2, 0.25) is 0 Å². The SMILES string of the molecule is CS(=O)(=O)N[C@H]1CCN2C(=O)OC/C=C/CCOc3ccccc3C[C@@H]12. The van der Waals surface area contributed by atoms with Crippen LogP contribution in [0.5, 0.6) is 5.75 Å². The molecule has 1 aromatic carbocycles. The summed E-state index contributed by atoms with van der Waals surface area (Å²) in [6.45, 7) is 1.17. The molecular weight excluding hydrogens is 356 g/mol. The number of carbonyl (C=O) groups excluding carboxylic acids is 1. The standard InChI is InChI=1S/C18H24N2O5S/c1-26(22,23)19-15-9-10-20-16(15)13-14-7-3-4-8-17(14)24-11-5-2-6-12-25-18(20)21/h2-4,6-8,15-16,19H,5,9-13H2,1H3/b6-2+/t15-,16-/m0/s1. The van der Waals surface area contributed by atoms with E-state index in [1.54, 1.807) is 11.0 Å². The normalized spacial score (nSPS) is 25.6. The van der Waals surface area contributed by atoms with Crippen LogP contribution in [0.25, 0.3) is 0 Å². The van der Waals surface area contributed by atoms with Crippen LogP contribution in [0.1, 0.15) is 18.4 Å². The molecule has 8 heteroatoms. The van der Waals surface area contributed by atoms with Crippen molar-refractivity contribution in [1.29, 1.82) is 0 Å². The first-order valence-electron chi connectivity index (χ1n) is 8.70. The van der Waals surface area contributed by atoms with E-state index in [0.717, 1.165) is 24.0 Å². The number of ether oxygens (including phenoxy) is 2. The fourth-order valence-corrected chi connectivity index (χ4v) is 4.23. The molecule has 1 saturated heterocycles. The van der Waals surface area contributed by atoms with E-state index in [1.165, 1.54) is 0 Å². The first-order valence-corrected chi connectivity index (χ1v) is 10.6. The fourth-order valence-electron chi connectivity index (χ4n) is 3.41. The van der Waals surface area contributed by atoms with Crippen LogP contribution in [0.4, 0.5) is 4.79 Å². The van der Waals surface area contributed by atoms with Crippen LogP contribution < -0.4 is 9.46 Å². The van der Waals surface area contributed by atoms with Crippen molar-refractivity contribution >= 4 is 16.1 Å². The van der Waals surface area contributed by atoms with Crippen molar-refractivity contribution in [2.75, 3.05) is 26.0 Å². The molecule has 0 bridgehead atoms. The maximum Gasteiger partial charge on any atom is 0.410 e. The Balaban J connectivity index is 1.91. The predicted molar refractivity (Wildman–Crippen MR) is 97.6 cm³/mol. The van der Waals surface area contributed by atoms with E-state index >= 15 is 0 Å². The first kappa shape index (κ1) is 18.7. The second-order valence-corrected chi connectivity index (χ2v) is 8.32. The highest BCUT2D eigenvalue weighted by Gasteiger charge is 2.39. The van der Waals surface area contributed by atoms with Gasteiger partial charge in [-0.1, -0.05) is 30.4 Å². The van der Waals surface area contributed by atoms with Crippen LogP contribution >= 0.6 is 0 Å². The summed E-state index contributed by atoms with van der Waals surface area (Å²) in [6, 6.07) is 6.98. The summed E-state index contributed by atoms with van der Waals surface area (Å²) in [5, 5.41) is 0. The Hall–Kier alpha value is -2.06. The Morgan fingerprint density at radius 1 is 1.19 bits per heavy atom. The predicted octanol–water partition coefficient (Wildman–Crippen LogP) is 1.70. The number of carbonyl (C=O) groups is 1. The summed E-state index contributed by atoms with van der Waals surface area (Å²) in [5.74, 6) is 0.762. The van der Waals surface area contributed by atoms with E-state index in [-0.39, 0.29) is 18.7 Å². The molecule has 0 saturated carbocycles. The summed E-state index contributed by atoms with van der Waals surface area (Å²) in [4.78, 5) is 14.1. The van der Waals surface area contributed by atoms with E-state index < -0.39 is 16.1 Å². The zero-order chi connectivity index (χ0) is 18.6. The van der Waals surface area contributed by atoms with Gasteiger partial charge in [-0.05, 0) is 30.9 Å². The van der Waals surface area contributed by atoms with Gasteiger partial charge in [0.05, 0.1) is 18.9 Å².